The summed E-state index contributed by atoms with van der Waals surface area (Å²) in [5, 5.41) is 0. The second kappa shape index (κ2) is 6.63. The van der Waals surface area contributed by atoms with Gasteiger partial charge in [0.1, 0.15) is 0 Å². The van der Waals surface area contributed by atoms with Crippen molar-refractivity contribution in [2.75, 3.05) is 40.3 Å². The van der Waals surface area contributed by atoms with Crippen LogP contribution in [0.5, 0.6) is 0 Å². The van der Waals surface area contributed by atoms with Crippen molar-refractivity contribution in [2.45, 2.75) is 31.4 Å². The van der Waals surface area contributed by atoms with Crippen LogP contribution in [0.15, 0.2) is 24.5 Å². The summed E-state index contributed by atoms with van der Waals surface area (Å²) < 4.78 is 6.11. The van der Waals surface area contributed by atoms with Crippen molar-refractivity contribution < 1.29 is 14.3 Å². The Balaban J connectivity index is 2.01. The third-order valence-corrected chi connectivity index (χ3v) is 5.07. The van der Waals surface area contributed by atoms with Gasteiger partial charge in [0.2, 0.25) is 0 Å². The molecule has 2 fully saturated rings. The zero-order valence-corrected chi connectivity index (χ0v) is 15.3. The molecule has 1 aromatic heterocycles. The summed E-state index contributed by atoms with van der Waals surface area (Å²) in [5.41, 5.74) is -0.104. The van der Waals surface area contributed by atoms with Gasteiger partial charge < -0.3 is 19.4 Å². The van der Waals surface area contributed by atoms with E-state index in [1.165, 1.54) is 4.90 Å². The lowest BCUT2D eigenvalue weighted by Gasteiger charge is -2.43. The van der Waals surface area contributed by atoms with E-state index in [1.807, 2.05) is 30.9 Å². The summed E-state index contributed by atoms with van der Waals surface area (Å²) in [4.78, 5) is 35.2. The number of hydrogen-bond donors (Lipinski definition) is 0. The average Bonchev–Trinajstić information content (AvgIpc) is 2.97. The first-order chi connectivity index (χ1) is 11.9. The fourth-order valence-electron chi connectivity index (χ4n) is 3.80. The van der Waals surface area contributed by atoms with Crippen LogP contribution in [0.2, 0.25) is 0 Å². The first-order valence-corrected chi connectivity index (χ1v) is 8.68. The van der Waals surface area contributed by atoms with Crippen LogP contribution in [0, 0.1) is 0 Å². The molecular formula is C18H26N4O3. The van der Waals surface area contributed by atoms with E-state index >= 15 is 0 Å². The van der Waals surface area contributed by atoms with Crippen molar-refractivity contribution in [2.24, 2.45) is 0 Å². The van der Waals surface area contributed by atoms with E-state index < -0.39 is 5.60 Å². The molecule has 2 aliphatic rings. The molecule has 1 spiro atoms. The molecule has 3 heterocycles. The van der Waals surface area contributed by atoms with Gasteiger partial charge in [-0.1, -0.05) is 6.07 Å². The van der Waals surface area contributed by atoms with Crippen molar-refractivity contribution in [1.82, 2.24) is 19.7 Å². The molecule has 136 valence electrons. The third-order valence-electron chi connectivity index (χ3n) is 5.07. The lowest BCUT2D eigenvalue weighted by molar-refractivity contribution is -0.174. The van der Waals surface area contributed by atoms with Gasteiger partial charge in [0.15, 0.2) is 5.60 Å². The Morgan fingerprint density at radius 1 is 1.44 bits per heavy atom. The molecule has 7 heteroatoms. The van der Waals surface area contributed by atoms with Crippen LogP contribution in [0.4, 0.5) is 4.79 Å². The standard InChI is InChI=1S/C18H26N4O3/c1-13(2)22-8-9-25-18(16(22)23)12-21(17(24)20(3)4)11-15(18)14-6-5-7-19-10-14/h5-7,10,13,15H,8-9,11-12H2,1-4H3/t15-,18+/m0/s1. The van der Waals surface area contributed by atoms with Crippen molar-refractivity contribution in [3.63, 3.8) is 0 Å². The number of morpholine rings is 1. The molecule has 0 aliphatic carbocycles. The molecule has 0 bridgehead atoms. The van der Waals surface area contributed by atoms with Crippen LogP contribution in [-0.4, -0.2) is 83.6 Å². The quantitative estimate of drug-likeness (QED) is 0.806. The average molecular weight is 346 g/mol. The van der Waals surface area contributed by atoms with Crippen LogP contribution in [0.25, 0.3) is 0 Å². The SMILES string of the molecule is CC(C)N1CCO[C@@]2(CN(C(=O)N(C)C)C[C@H]2c2cccnc2)C1=O. The van der Waals surface area contributed by atoms with Crippen LogP contribution >= 0.6 is 0 Å². The van der Waals surface area contributed by atoms with Crippen LogP contribution in [-0.2, 0) is 9.53 Å². The fourth-order valence-corrected chi connectivity index (χ4v) is 3.80. The molecule has 0 saturated carbocycles. The second-order valence-corrected chi connectivity index (χ2v) is 7.23. The van der Waals surface area contributed by atoms with Gasteiger partial charge in [0.05, 0.1) is 13.2 Å². The van der Waals surface area contributed by atoms with E-state index in [0.29, 0.717) is 19.7 Å². The van der Waals surface area contributed by atoms with Gasteiger partial charge in [-0.15, -0.1) is 0 Å². The molecule has 0 radical (unpaired) electrons. The predicted octanol–water partition coefficient (Wildman–Crippen LogP) is 1.17. The number of nitrogens with zero attached hydrogens (tertiary/aromatic N) is 4. The maximum atomic E-state index is 13.3. The monoisotopic (exact) mass is 346 g/mol. The smallest absolute Gasteiger partial charge is 0.319 e. The van der Waals surface area contributed by atoms with Gasteiger partial charge in [-0.05, 0) is 25.5 Å². The molecular weight excluding hydrogens is 320 g/mol. The minimum Gasteiger partial charge on any atom is -0.361 e. The molecule has 3 amide bonds. The van der Waals surface area contributed by atoms with Crippen LogP contribution in [0.3, 0.4) is 0 Å². The Hall–Kier alpha value is -2.15. The number of amides is 3. The van der Waals surface area contributed by atoms with Crippen LogP contribution in [0.1, 0.15) is 25.3 Å². The normalized spacial score (nSPS) is 26.6. The number of rotatable bonds is 2. The summed E-state index contributed by atoms with van der Waals surface area (Å²) in [6.45, 7) is 5.79. The van der Waals surface area contributed by atoms with E-state index in [1.54, 1.807) is 31.4 Å². The minimum atomic E-state index is -1.03. The molecule has 2 saturated heterocycles. The van der Waals surface area contributed by atoms with Gasteiger partial charge in [-0.25, -0.2) is 4.79 Å². The highest BCUT2D eigenvalue weighted by atomic mass is 16.5. The Labute approximate surface area is 148 Å². The number of hydrogen-bond acceptors (Lipinski definition) is 4. The van der Waals surface area contributed by atoms with Gasteiger partial charge in [0.25, 0.3) is 5.91 Å². The number of pyridine rings is 1. The van der Waals surface area contributed by atoms with E-state index in [2.05, 4.69) is 4.98 Å². The second-order valence-electron chi connectivity index (χ2n) is 7.23. The summed E-state index contributed by atoms with van der Waals surface area (Å²) in [6, 6.07) is 3.80. The number of carbonyl (C=O) groups excluding carboxylic acids is 2. The topological polar surface area (TPSA) is 66.0 Å². The Morgan fingerprint density at radius 2 is 2.20 bits per heavy atom. The fraction of sp³-hybridized carbons (Fsp3) is 0.611. The largest absolute Gasteiger partial charge is 0.361 e. The van der Waals surface area contributed by atoms with Gasteiger partial charge in [-0.3, -0.25) is 9.78 Å². The Morgan fingerprint density at radius 3 is 2.80 bits per heavy atom. The summed E-state index contributed by atoms with van der Waals surface area (Å²) in [5.74, 6) is -0.254. The maximum Gasteiger partial charge on any atom is 0.319 e. The molecule has 0 unspecified atom stereocenters. The number of carbonyl (C=O) groups is 2. The van der Waals surface area contributed by atoms with E-state index in [9.17, 15) is 9.59 Å². The first-order valence-electron chi connectivity index (χ1n) is 8.68. The number of ether oxygens (including phenoxy) is 1. The van der Waals surface area contributed by atoms with E-state index in [-0.39, 0.29) is 30.4 Å². The molecule has 7 nitrogen and oxygen atoms in total. The summed E-state index contributed by atoms with van der Waals surface area (Å²) in [6.07, 6.45) is 3.47. The number of likely N-dealkylation sites (tertiary alicyclic amines) is 1. The van der Waals surface area contributed by atoms with Gasteiger partial charge in [-0.2, -0.15) is 0 Å². The Bertz CT molecular complexity index is 649. The Kier molecular flexibility index (Phi) is 4.69. The molecule has 1 aromatic rings. The maximum absolute atomic E-state index is 13.3. The summed E-state index contributed by atoms with van der Waals surface area (Å²) in [7, 11) is 3.44. The van der Waals surface area contributed by atoms with Crippen LogP contribution < -0.4 is 0 Å². The highest BCUT2D eigenvalue weighted by Crippen LogP contribution is 2.42. The van der Waals surface area contributed by atoms with Crippen molar-refractivity contribution in [1.29, 1.82) is 0 Å². The highest BCUT2D eigenvalue weighted by molar-refractivity contribution is 5.90. The van der Waals surface area contributed by atoms with Crippen molar-refractivity contribution in [3.8, 4) is 0 Å². The molecule has 3 rings (SSSR count). The highest BCUT2D eigenvalue weighted by Gasteiger charge is 2.58. The zero-order chi connectivity index (χ0) is 18.2. The van der Waals surface area contributed by atoms with Gasteiger partial charge >= 0.3 is 6.03 Å². The van der Waals surface area contributed by atoms with E-state index in [0.717, 1.165) is 5.56 Å². The molecule has 0 N–H and O–H groups in total. The molecule has 25 heavy (non-hydrogen) atoms. The first kappa shape index (κ1) is 17.7. The molecule has 0 aromatic carbocycles. The van der Waals surface area contributed by atoms with Crippen molar-refractivity contribution in [3.05, 3.63) is 30.1 Å². The third kappa shape index (κ3) is 2.97. The summed E-state index contributed by atoms with van der Waals surface area (Å²) >= 11 is 0. The predicted molar refractivity (Wildman–Crippen MR) is 93.2 cm³/mol. The zero-order valence-electron chi connectivity index (χ0n) is 15.3. The minimum absolute atomic E-state index is 0.0309. The molecule has 2 aliphatic heterocycles. The lowest BCUT2D eigenvalue weighted by Crippen LogP contribution is -2.62. The van der Waals surface area contributed by atoms with Gasteiger partial charge in [0, 0.05) is 51.5 Å². The molecule has 2 atom stereocenters. The lowest BCUT2D eigenvalue weighted by atomic mass is 9.83. The number of urea groups is 1. The number of aromatic nitrogens is 1. The van der Waals surface area contributed by atoms with E-state index in [4.69, 9.17) is 4.74 Å². The van der Waals surface area contributed by atoms with Crippen molar-refractivity contribution >= 4 is 11.9 Å².